The third kappa shape index (κ3) is 7.45. The number of amides is 1. The highest BCUT2D eigenvalue weighted by atomic mass is 19.4. The van der Waals surface area contributed by atoms with E-state index in [-0.39, 0.29) is 47.6 Å². The molecule has 0 aliphatic carbocycles. The topological polar surface area (TPSA) is 196 Å². The lowest BCUT2D eigenvalue weighted by Gasteiger charge is -2.43. The van der Waals surface area contributed by atoms with E-state index in [0.29, 0.717) is 22.8 Å². The largest absolute Gasteiger partial charge is 0.444 e. The summed E-state index contributed by atoms with van der Waals surface area (Å²) in [6.07, 6.45) is -5.20. The molecule has 1 aliphatic heterocycles. The Labute approximate surface area is 309 Å². The summed E-state index contributed by atoms with van der Waals surface area (Å²) < 4.78 is 66.9. The smallest absolute Gasteiger partial charge is 0.431 e. The van der Waals surface area contributed by atoms with Crippen LogP contribution in [0, 0.1) is 33.0 Å². The van der Waals surface area contributed by atoms with E-state index in [4.69, 9.17) is 4.74 Å². The molecule has 1 saturated heterocycles. The van der Waals surface area contributed by atoms with Crippen molar-refractivity contribution in [2.24, 2.45) is 0 Å². The van der Waals surface area contributed by atoms with E-state index in [0.717, 1.165) is 6.07 Å². The number of para-hydroxylation sites is 1. The molecule has 0 unspecified atom stereocenters. The van der Waals surface area contributed by atoms with Gasteiger partial charge in [-0.05, 0) is 63.8 Å². The molecule has 0 saturated carbocycles. The Kier molecular flexibility index (Phi) is 10.8. The van der Waals surface area contributed by atoms with Crippen molar-refractivity contribution in [3.63, 3.8) is 0 Å². The normalized spacial score (nSPS) is 15.2. The van der Waals surface area contributed by atoms with E-state index >= 15 is 17.6 Å². The van der Waals surface area contributed by atoms with Crippen molar-refractivity contribution in [2.45, 2.75) is 71.7 Å². The van der Waals surface area contributed by atoms with Crippen molar-refractivity contribution in [3.8, 4) is 11.4 Å². The Morgan fingerprint density at radius 1 is 1.02 bits per heavy atom. The Morgan fingerprint density at radius 3 is 2.25 bits per heavy atom. The first-order valence-electron chi connectivity index (χ1n) is 17.0. The number of nitro benzene ring substituents is 1. The van der Waals surface area contributed by atoms with Crippen LogP contribution in [0.4, 0.5) is 39.4 Å². The van der Waals surface area contributed by atoms with Crippen LogP contribution in [0.25, 0.3) is 22.3 Å². The Hall–Kier alpha value is -5.92. The zero-order valence-corrected chi connectivity index (χ0v) is 30.5. The van der Waals surface area contributed by atoms with Crippen molar-refractivity contribution in [2.75, 3.05) is 31.1 Å². The van der Waals surface area contributed by atoms with Gasteiger partial charge in [-0.2, -0.15) is 13.2 Å². The van der Waals surface area contributed by atoms with Crippen LogP contribution in [0.3, 0.4) is 0 Å². The number of rotatable bonds is 8. The van der Waals surface area contributed by atoms with Crippen molar-refractivity contribution >= 4 is 34.1 Å². The van der Waals surface area contributed by atoms with E-state index in [2.05, 4.69) is 4.98 Å². The van der Waals surface area contributed by atoms with Gasteiger partial charge in [-0.1, -0.05) is 19.9 Å². The van der Waals surface area contributed by atoms with Crippen molar-refractivity contribution < 1.29 is 42.0 Å². The molecule has 1 N–H and O–H groups in total. The fraction of sp³-hybridized carbons (Fsp3) is 0.429. The number of anilines is 1. The molecular weight excluding hydrogens is 738 g/mol. The number of hydrogen-bond acceptors (Lipinski definition) is 11. The van der Waals surface area contributed by atoms with Crippen LogP contribution in [0.5, 0.6) is 0 Å². The van der Waals surface area contributed by atoms with Crippen LogP contribution in [-0.4, -0.2) is 77.9 Å². The van der Waals surface area contributed by atoms with Crippen LogP contribution < -0.4 is 16.0 Å². The standard InChI is InChI=1S/C35H37F4N7O9/c1-18(2)25-26(19(3)10-12-40-25)44-28-21(16-24(35(37,38)39)43(31(28)48)29-22(36)8-7-9-23(29)45(51)52)27(30(32(44)49)46(53)54)42-14-13-41(17-20(42)11-15-47)33(50)55-34(4,5)6/h7-10,12,16,18,20,47H,11,13-15,17H2,1-6H3/t20-/m0/s1. The van der Waals surface area contributed by atoms with E-state index in [1.165, 1.54) is 29.0 Å². The monoisotopic (exact) mass is 775 g/mol. The second-order valence-electron chi connectivity index (χ2n) is 14.2. The summed E-state index contributed by atoms with van der Waals surface area (Å²) in [5.74, 6) is -2.12. The fourth-order valence-corrected chi connectivity index (χ4v) is 6.73. The van der Waals surface area contributed by atoms with Crippen LogP contribution in [0.15, 0.2) is 46.1 Å². The van der Waals surface area contributed by atoms with Gasteiger partial charge in [-0.25, -0.2) is 9.18 Å². The zero-order chi connectivity index (χ0) is 40.9. The highest BCUT2D eigenvalue weighted by Gasteiger charge is 2.43. The van der Waals surface area contributed by atoms with Gasteiger partial charge in [-0.3, -0.25) is 43.9 Å². The predicted octanol–water partition coefficient (Wildman–Crippen LogP) is 5.75. The van der Waals surface area contributed by atoms with Crippen LogP contribution in [0.1, 0.15) is 63.9 Å². The lowest BCUT2D eigenvalue weighted by Crippen LogP contribution is -2.56. The highest BCUT2D eigenvalue weighted by molar-refractivity contribution is 5.98. The second kappa shape index (κ2) is 14.7. The average Bonchev–Trinajstić information content (AvgIpc) is 3.07. The number of piperazine rings is 1. The number of aromatic nitrogens is 3. The van der Waals surface area contributed by atoms with Gasteiger partial charge in [0.25, 0.3) is 11.2 Å². The third-order valence-corrected chi connectivity index (χ3v) is 8.96. The quantitative estimate of drug-likeness (QED) is 0.130. The number of halogens is 4. The number of fused-ring (bicyclic) bond motifs is 1. The molecule has 1 aromatic carbocycles. The number of hydrogen-bond donors (Lipinski definition) is 1. The number of ether oxygens (including phenoxy) is 1. The predicted molar refractivity (Wildman–Crippen MR) is 191 cm³/mol. The molecule has 0 bridgehead atoms. The number of aliphatic hydroxyl groups is 1. The molecule has 1 fully saturated rings. The number of aryl methyl sites for hydroxylation is 1. The molecule has 0 radical (unpaired) electrons. The molecule has 20 heteroatoms. The summed E-state index contributed by atoms with van der Waals surface area (Å²) in [7, 11) is 0. The van der Waals surface area contributed by atoms with Crippen molar-refractivity contribution in [1.29, 1.82) is 0 Å². The maximum atomic E-state index is 15.6. The molecular formula is C35H37F4N7O9. The number of carbonyl (C=O) groups is 1. The van der Waals surface area contributed by atoms with E-state index in [9.17, 15) is 39.7 Å². The number of benzene rings is 1. The Bertz CT molecular complexity index is 2330. The minimum atomic E-state index is -5.55. The van der Waals surface area contributed by atoms with Crippen molar-refractivity contribution in [1.82, 2.24) is 19.0 Å². The van der Waals surface area contributed by atoms with Gasteiger partial charge in [-0.15, -0.1) is 0 Å². The Balaban J connectivity index is 2.04. The number of alkyl halides is 3. The molecule has 0 spiro atoms. The van der Waals surface area contributed by atoms with Gasteiger partial charge in [0.15, 0.2) is 11.5 Å². The minimum Gasteiger partial charge on any atom is -0.444 e. The maximum Gasteiger partial charge on any atom is 0.431 e. The first-order chi connectivity index (χ1) is 25.6. The summed E-state index contributed by atoms with van der Waals surface area (Å²) in [5, 5.41) is 34.3. The van der Waals surface area contributed by atoms with Gasteiger partial charge >= 0.3 is 23.5 Å². The fourth-order valence-electron chi connectivity index (χ4n) is 6.73. The van der Waals surface area contributed by atoms with E-state index in [1.54, 1.807) is 34.6 Å². The highest BCUT2D eigenvalue weighted by Crippen LogP contribution is 2.42. The van der Waals surface area contributed by atoms with Crippen LogP contribution >= 0.6 is 0 Å². The summed E-state index contributed by atoms with van der Waals surface area (Å²) in [6, 6.07) is 2.78. The molecule has 1 amide bonds. The van der Waals surface area contributed by atoms with E-state index in [1.807, 2.05) is 0 Å². The van der Waals surface area contributed by atoms with Crippen molar-refractivity contribution in [3.05, 3.63) is 100 Å². The zero-order valence-electron chi connectivity index (χ0n) is 30.5. The number of nitrogens with zero attached hydrogens (tertiary/aromatic N) is 7. The van der Waals surface area contributed by atoms with E-state index < -0.39 is 103 Å². The lowest BCUT2D eigenvalue weighted by atomic mass is 10.0. The molecule has 4 aromatic rings. The SMILES string of the molecule is Cc1ccnc(C(C)C)c1-n1c(=O)c([N+](=O)[O-])c(N2CCN(C(=O)OC(C)(C)C)C[C@@H]2CCO)c2cc(C(F)(F)F)n(-c3c(F)cccc3[N+](=O)[O-])c(=O)c21. The van der Waals surface area contributed by atoms with Crippen LogP contribution in [0.2, 0.25) is 0 Å². The molecule has 294 valence electrons. The summed E-state index contributed by atoms with van der Waals surface area (Å²) in [4.78, 5) is 72.1. The average molecular weight is 776 g/mol. The molecule has 1 aliphatic rings. The molecule has 5 rings (SSSR count). The molecule has 1 atom stereocenters. The van der Waals surface area contributed by atoms with Crippen LogP contribution in [-0.2, 0) is 10.9 Å². The van der Waals surface area contributed by atoms with Gasteiger partial charge in [0.1, 0.15) is 22.5 Å². The number of nitro groups is 2. The summed E-state index contributed by atoms with van der Waals surface area (Å²) in [6.45, 7) is 8.20. The third-order valence-electron chi connectivity index (χ3n) is 8.96. The van der Waals surface area contributed by atoms with Gasteiger partial charge in [0, 0.05) is 49.9 Å². The molecule has 3 aromatic heterocycles. The number of aliphatic hydroxyl groups excluding tert-OH is 1. The summed E-state index contributed by atoms with van der Waals surface area (Å²) >= 11 is 0. The first kappa shape index (κ1) is 40.3. The minimum absolute atomic E-state index is 0.109. The molecule has 16 nitrogen and oxygen atoms in total. The maximum absolute atomic E-state index is 15.6. The van der Waals surface area contributed by atoms with Gasteiger partial charge < -0.3 is 19.6 Å². The molecule has 4 heterocycles. The summed E-state index contributed by atoms with van der Waals surface area (Å²) in [5.41, 5.74) is -11.5. The Morgan fingerprint density at radius 2 is 1.69 bits per heavy atom. The lowest BCUT2D eigenvalue weighted by molar-refractivity contribution is -0.385. The first-order valence-corrected chi connectivity index (χ1v) is 17.0. The number of pyridine rings is 3. The van der Waals surface area contributed by atoms with Gasteiger partial charge in [0.2, 0.25) is 0 Å². The molecule has 55 heavy (non-hydrogen) atoms. The second-order valence-corrected chi connectivity index (χ2v) is 14.2. The number of carbonyl (C=O) groups excluding carboxylic acids is 1. The van der Waals surface area contributed by atoms with Gasteiger partial charge in [0.05, 0.1) is 21.2 Å².